The van der Waals surface area contributed by atoms with Gasteiger partial charge in [0.1, 0.15) is 11.8 Å². The van der Waals surface area contributed by atoms with Gasteiger partial charge in [-0.05, 0) is 82.3 Å². The van der Waals surface area contributed by atoms with Crippen LogP contribution in [0.15, 0.2) is 30.3 Å². The highest BCUT2D eigenvalue weighted by molar-refractivity contribution is 5.92. The minimum atomic E-state index is -0.844. The van der Waals surface area contributed by atoms with Crippen LogP contribution in [0.5, 0.6) is 5.75 Å². The standard InChI is InChI=1S/C24H31NO5/c1-15(25-21(26)14-29-20-6-4-3-5-7-20)23(28)30-16(2)22(27)24-11-17-8-18(12-24)10-19(9-17)13-24/h3-7,15-19H,8-14H2,1-2H3,(H,25,26)/t15-,16+,17?,18?,19?,24?/m0/s1. The fourth-order valence-corrected chi connectivity index (χ4v) is 6.18. The number of Topliss-reactive ketones (excluding diaryl/α,β-unsaturated/α-hetero) is 1. The first-order valence-electron chi connectivity index (χ1n) is 11.1. The van der Waals surface area contributed by atoms with Crippen LogP contribution in [0.3, 0.4) is 0 Å². The van der Waals surface area contributed by atoms with Crippen molar-refractivity contribution in [1.29, 1.82) is 0 Å². The third-order valence-corrected chi connectivity index (χ3v) is 7.07. The Bertz CT molecular complexity index is 770. The van der Waals surface area contributed by atoms with E-state index in [1.165, 1.54) is 19.3 Å². The molecule has 0 saturated heterocycles. The van der Waals surface area contributed by atoms with E-state index in [-0.39, 0.29) is 17.8 Å². The van der Waals surface area contributed by atoms with E-state index >= 15 is 0 Å². The Morgan fingerprint density at radius 1 is 1.00 bits per heavy atom. The van der Waals surface area contributed by atoms with Crippen molar-refractivity contribution in [2.45, 2.75) is 64.5 Å². The van der Waals surface area contributed by atoms with Gasteiger partial charge in [-0.2, -0.15) is 0 Å². The molecule has 4 bridgehead atoms. The van der Waals surface area contributed by atoms with Crippen LogP contribution >= 0.6 is 0 Å². The number of ether oxygens (including phenoxy) is 2. The minimum Gasteiger partial charge on any atom is -0.484 e. The molecule has 6 nitrogen and oxygen atoms in total. The summed E-state index contributed by atoms with van der Waals surface area (Å²) in [5, 5.41) is 2.58. The number of hydrogen-bond donors (Lipinski definition) is 1. The van der Waals surface area contributed by atoms with Gasteiger partial charge in [-0.3, -0.25) is 9.59 Å². The van der Waals surface area contributed by atoms with Crippen molar-refractivity contribution in [3.8, 4) is 5.75 Å². The summed E-state index contributed by atoms with van der Waals surface area (Å²) in [5.74, 6) is 1.62. The third-order valence-electron chi connectivity index (χ3n) is 7.07. The smallest absolute Gasteiger partial charge is 0.329 e. The lowest BCUT2D eigenvalue weighted by atomic mass is 9.48. The molecule has 0 heterocycles. The highest BCUT2D eigenvalue weighted by Gasteiger charge is 2.55. The van der Waals surface area contributed by atoms with Gasteiger partial charge >= 0.3 is 5.97 Å². The maximum Gasteiger partial charge on any atom is 0.329 e. The first-order valence-corrected chi connectivity index (χ1v) is 11.1. The Kier molecular flexibility index (Phi) is 5.85. The summed E-state index contributed by atoms with van der Waals surface area (Å²) in [5.41, 5.74) is -0.301. The first-order chi connectivity index (χ1) is 14.3. The van der Waals surface area contributed by atoms with E-state index in [1.807, 2.05) is 18.2 Å². The third kappa shape index (κ3) is 4.37. The Labute approximate surface area is 177 Å². The van der Waals surface area contributed by atoms with Gasteiger partial charge in [0.2, 0.25) is 0 Å². The second-order valence-electron chi connectivity index (χ2n) is 9.53. The molecule has 5 rings (SSSR count). The number of benzene rings is 1. The van der Waals surface area contributed by atoms with E-state index in [0.29, 0.717) is 23.5 Å². The highest BCUT2D eigenvalue weighted by Crippen LogP contribution is 2.60. The molecule has 6 heteroatoms. The van der Waals surface area contributed by atoms with Gasteiger partial charge in [-0.15, -0.1) is 0 Å². The van der Waals surface area contributed by atoms with Gasteiger partial charge in [-0.25, -0.2) is 4.79 Å². The lowest BCUT2D eigenvalue weighted by molar-refractivity contribution is -0.166. The van der Waals surface area contributed by atoms with Gasteiger partial charge < -0.3 is 14.8 Å². The number of para-hydroxylation sites is 1. The maximum atomic E-state index is 13.3. The summed E-state index contributed by atoms with van der Waals surface area (Å²) in [6.07, 6.45) is 5.83. The number of esters is 1. The molecule has 1 amide bonds. The molecule has 0 aromatic heterocycles. The Morgan fingerprint density at radius 2 is 1.57 bits per heavy atom. The predicted molar refractivity (Wildman–Crippen MR) is 111 cm³/mol. The molecule has 0 aliphatic heterocycles. The first kappa shape index (κ1) is 20.9. The number of amides is 1. The van der Waals surface area contributed by atoms with E-state index in [2.05, 4.69) is 5.32 Å². The number of carbonyl (C=O) groups is 3. The average molecular weight is 414 g/mol. The molecule has 4 saturated carbocycles. The summed E-state index contributed by atoms with van der Waals surface area (Å²) < 4.78 is 10.9. The molecule has 0 unspecified atom stereocenters. The predicted octanol–water partition coefficient (Wildman–Crippen LogP) is 3.29. The van der Waals surface area contributed by atoms with Gasteiger partial charge in [0.15, 0.2) is 18.5 Å². The van der Waals surface area contributed by atoms with E-state index in [1.54, 1.807) is 26.0 Å². The Hall–Kier alpha value is -2.37. The molecule has 2 atom stereocenters. The lowest BCUT2D eigenvalue weighted by Crippen LogP contribution is -2.53. The van der Waals surface area contributed by atoms with Crippen molar-refractivity contribution in [1.82, 2.24) is 5.32 Å². The number of hydrogen-bond acceptors (Lipinski definition) is 5. The Morgan fingerprint density at radius 3 is 2.13 bits per heavy atom. The van der Waals surface area contributed by atoms with Crippen molar-refractivity contribution in [2.75, 3.05) is 6.61 Å². The molecule has 30 heavy (non-hydrogen) atoms. The van der Waals surface area contributed by atoms with Crippen molar-refractivity contribution in [3.05, 3.63) is 30.3 Å². The molecule has 4 aliphatic carbocycles. The van der Waals surface area contributed by atoms with Crippen molar-refractivity contribution in [3.63, 3.8) is 0 Å². The average Bonchev–Trinajstić information content (AvgIpc) is 2.71. The lowest BCUT2D eigenvalue weighted by Gasteiger charge is -2.56. The molecular weight excluding hydrogens is 382 g/mol. The quantitative estimate of drug-likeness (QED) is 0.662. The summed E-state index contributed by atoms with van der Waals surface area (Å²) in [4.78, 5) is 37.8. The van der Waals surface area contributed by atoms with Gasteiger partial charge in [0.25, 0.3) is 5.91 Å². The molecule has 0 radical (unpaired) electrons. The van der Waals surface area contributed by atoms with Crippen molar-refractivity contribution < 1.29 is 23.9 Å². The van der Waals surface area contributed by atoms with Crippen LogP contribution in [0.4, 0.5) is 0 Å². The van der Waals surface area contributed by atoms with E-state index in [4.69, 9.17) is 9.47 Å². The molecule has 1 aromatic carbocycles. The van der Waals surface area contributed by atoms with Crippen molar-refractivity contribution in [2.24, 2.45) is 23.2 Å². The van der Waals surface area contributed by atoms with Gasteiger partial charge in [-0.1, -0.05) is 18.2 Å². The largest absolute Gasteiger partial charge is 0.484 e. The van der Waals surface area contributed by atoms with Gasteiger partial charge in [0.05, 0.1) is 0 Å². The summed E-state index contributed by atoms with van der Waals surface area (Å²) >= 11 is 0. The fourth-order valence-electron chi connectivity index (χ4n) is 6.18. The van der Waals surface area contributed by atoms with Crippen LogP contribution < -0.4 is 10.1 Å². The normalized spacial score (nSPS) is 30.9. The van der Waals surface area contributed by atoms with Crippen LogP contribution in [0.1, 0.15) is 52.4 Å². The maximum absolute atomic E-state index is 13.3. The van der Waals surface area contributed by atoms with Crippen LogP contribution in [-0.4, -0.2) is 36.4 Å². The summed E-state index contributed by atoms with van der Waals surface area (Å²) in [6, 6.07) is 8.15. The van der Waals surface area contributed by atoms with Crippen LogP contribution in [-0.2, 0) is 19.1 Å². The Balaban J connectivity index is 1.26. The molecule has 1 aromatic rings. The fraction of sp³-hybridized carbons (Fsp3) is 0.625. The number of ketones is 1. The van der Waals surface area contributed by atoms with E-state index < -0.39 is 24.0 Å². The highest BCUT2D eigenvalue weighted by atomic mass is 16.5. The number of carbonyl (C=O) groups excluding carboxylic acids is 3. The monoisotopic (exact) mass is 413 g/mol. The summed E-state index contributed by atoms with van der Waals surface area (Å²) in [7, 11) is 0. The van der Waals surface area contributed by atoms with Crippen LogP contribution in [0.2, 0.25) is 0 Å². The zero-order chi connectivity index (χ0) is 21.3. The number of rotatable bonds is 8. The SMILES string of the molecule is C[C@H](NC(=O)COc1ccccc1)C(=O)O[C@H](C)C(=O)C12CC3CC(CC(C3)C1)C2. The molecule has 162 valence electrons. The molecule has 4 aliphatic rings. The van der Waals surface area contributed by atoms with E-state index in [9.17, 15) is 14.4 Å². The molecular formula is C24H31NO5. The molecule has 1 N–H and O–H groups in total. The van der Waals surface area contributed by atoms with Gasteiger partial charge in [0, 0.05) is 5.41 Å². The molecule has 4 fully saturated rings. The van der Waals surface area contributed by atoms with E-state index in [0.717, 1.165) is 19.3 Å². The second kappa shape index (κ2) is 8.40. The van der Waals surface area contributed by atoms with Crippen LogP contribution in [0.25, 0.3) is 0 Å². The molecule has 0 spiro atoms. The van der Waals surface area contributed by atoms with Crippen LogP contribution in [0, 0.1) is 23.2 Å². The van der Waals surface area contributed by atoms with Crippen molar-refractivity contribution >= 4 is 17.7 Å². The summed E-state index contributed by atoms with van der Waals surface area (Å²) in [6.45, 7) is 3.04. The zero-order valence-electron chi connectivity index (χ0n) is 17.8. The zero-order valence-corrected chi connectivity index (χ0v) is 17.8. The second-order valence-corrected chi connectivity index (χ2v) is 9.53. The topological polar surface area (TPSA) is 81.7 Å². The minimum absolute atomic E-state index is 0.0703. The number of nitrogens with one attached hydrogen (secondary N) is 1.